The molecule has 0 saturated carbocycles. The Morgan fingerprint density at radius 2 is 1.71 bits per heavy atom. The van der Waals surface area contributed by atoms with Gasteiger partial charge >= 0.3 is 5.63 Å². The molecule has 0 radical (unpaired) electrons. The number of hydrogen-bond donors (Lipinski definition) is 1. The Morgan fingerprint density at radius 1 is 0.842 bits per heavy atom. The van der Waals surface area contributed by atoms with Crippen LogP contribution in [-0.4, -0.2) is 10.9 Å². The molecule has 0 atom stereocenters. The number of carbonyl (C=O) groups excluding carboxylic acids is 1. The number of rotatable bonds is 5. The summed E-state index contributed by atoms with van der Waals surface area (Å²) in [6, 6.07) is 27.8. The first-order chi connectivity index (χ1) is 18.5. The molecule has 1 amide bonds. The minimum atomic E-state index is -0.450. The number of oxazole rings is 1. The normalized spacial score (nSPS) is 11.2. The average Bonchev–Trinajstić information content (AvgIpc) is 3.37. The number of benzene rings is 4. The molecule has 186 valence electrons. The monoisotopic (exact) mass is 500 g/mol. The average molecular weight is 501 g/mol. The van der Waals surface area contributed by atoms with E-state index in [-0.39, 0.29) is 5.91 Å². The van der Waals surface area contributed by atoms with Crippen LogP contribution in [0, 0.1) is 6.92 Å². The highest BCUT2D eigenvalue weighted by Gasteiger charge is 2.15. The minimum Gasteiger partial charge on any atom is -0.436 e. The van der Waals surface area contributed by atoms with Crippen molar-refractivity contribution in [1.29, 1.82) is 0 Å². The van der Waals surface area contributed by atoms with Gasteiger partial charge in [-0.1, -0.05) is 49.4 Å². The van der Waals surface area contributed by atoms with Crippen LogP contribution in [0.2, 0.25) is 0 Å². The summed E-state index contributed by atoms with van der Waals surface area (Å²) >= 11 is 0. The van der Waals surface area contributed by atoms with Gasteiger partial charge < -0.3 is 14.2 Å². The number of amides is 1. The zero-order chi connectivity index (χ0) is 26.2. The maximum Gasteiger partial charge on any atom is 0.344 e. The molecular formula is C32H24N2O4. The van der Waals surface area contributed by atoms with Crippen molar-refractivity contribution in [2.45, 2.75) is 20.3 Å². The maximum atomic E-state index is 13.3. The molecule has 6 rings (SSSR count). The SMILES string of the molecule is CCc1ccc2oc(-c3ccc(C)c(NC(=O)c4cccc(-c5cc6ccccc6oc5=O)c4)c3)nc2c1. The predicted octanol–water partition coefficient (Wildman–Crippen LogP) is 7.39. The third-order valence-corrected chi connectivity index (χ3v) is 6.67. The van der Waals surface area contributed by atoms with Gasteiger partial charge in [0.15, 0.2) is 5.58 Å². The molecular weight excluding hydrogens is 476 g/mol. The summed E-state index contributed by atoms with van der Waals surface area (Å²) in [7, 11) is 0. The first kappa shape index (κ1) is 23.4. The van der Waals surface area contributed by atoms with Crippen LogP contribution < -0.4 is 10.9 Å². The van der Waals surface area contributed by atoms with Crippen molar-refractivity contribution in [3.63, 3.8) is 0 Å². The number of para-hydroxylation sites is 1. The van der Waals surface area contributed by atoms with Crippen LogP contribution >= 0.6 is 0 Å². The molecule has 6 aromatic rings. The van der Waals surface area contributed by atoms with Crippen LogP contribution in [0.5, 0.6) is 0 Å². The molecule has 0 fully saturated rings. The summed E-state index contributed by atoms with van der Waals surface area (Å²) < 4.78 is 11.5. The largest absolute Gasteiger partial charge is 0.436 e. The molecule has 6 heteroatoms. The molecule has 1 N–H and O–H groups in total. The third kappa shape index (κ3) is 4.37. The Balaban J connectivity index is 1.30. The molecule has 2 heterocycles. The topological polar surface area (TPSA) is 85.3 Å². The van der Waals surface area contributed by atoms with Crippen molar-refractivity contribution in [3.05, 3.63) is 118 Å². The molecule has 0 aliphatic heterocycles. The standard InChI is InChI=1S/C32H24N2O4/c1-3-20-12-14-29-27(15-20)34-31(37-29)24-13-11-19(2)26(18-24)33-30(35)23-9-6-8-21(16-23)25-17-22-7-4-5-10-28(22)38-32(25)36/h4-18H,3H2,1-2H3,(H,33,35). The van der Waals surface area contributed by atoms with Crippen molar-refractivity contribution in [2.75, 3.05) is 5.32 Å². The summed E-state index contributed by atoms with van der Waals surface area (Å²) in [5.41, 5.74) is 6.55. The summed E-state index contributed by atoms with van der Waals surface area (Å²) in [5, 5.41) is 3.82. The van der Waals surface area contributed by atoms with E-state index in [0.717, 1.165) is 34.0 Å². The fourth-order valence-corrected chi connectivity index (χ4v) is 4.49. The summed E-state index contributed by atoms with van der Waals surface area (Å²) in [4.78, 5) is 30.6. The summed E-state index contributed by atoms with van der Waals surface area (Å²) in [6.07, 6.45) is 0.922. The van der Waals surface area contributed by atoms with E-state index in [0.29, 0.717) is 33.9 Å². The van der Waals surface area contributed by atoms with Crippen molar-refractivity contribution in [1.82, 2.24) is 4.98 Å². The Morgan fingerprint density at radius 3 is 2.58 bits per heavy atom. The number of nitrogens with zero attached hydrogens (tertiary/aromatic N) is 1. The molecule has 6 nitrogen and oxygen atoms in total. The second-order valence-corrected chi connectivity index (χ2v) is 9.22. The molecule has 0 spiro atoms. The molecule has 0 bridgehead atoms. The van der Waals surface area contributed by atoms with Crippen LogP contribution in [0.3, 0.4) is 0 Å². The number of nitrogens with one attached hydrogen (secondary N) is 1. The van der Waals surface area contributed by atoms with Crippen LogP contribution in [0.1, 0.15) is 28.4 Å². The maximum absolute atomic E-state index is 13.3. The molecule has 0 unspecified atom stereocenters. The second-order valence-electron chi connectivity index (χ2n) is 9.22. The van der Waals surface area contributed by atoms with Gasteiger partial charge in [0.2, 0.25) is 5.89 Å². The third-order valence-electron chi connectivity index (χ3n) is 6.67. The molecule has 2 aromatic heterocycles. The zero-order valence-electron chi connectivity index (χ0n) is 20.9. The van der Waals surface area contributed by atoms with Crippen LogP contribution in [0.4, 0.5) is 5.69 Å². The predicted molar refractivity (Wildman–Crippen MR) is 149 cm³/mol. The van der Waals surface area contributed by atoms with Gasteiger partial charge in [-0.05, 0) is 78.6 Å². The Labute approximate surface area is 218 Å². The van der Waals surface area contributed by atoms with Crippen LogP contribution in [-0.2, 0) is 6.42 Å². The quantitative estimate of drug-likeness (QED) is 0.249. The van der Waals surface area contributed by atoms with Gasteiger partial charge in [0.1, 0.15) is 11.1 Å². The van der Waals surface area contributed by atoms with E-state index in [1.807, 2.05) is 61.5 Å². The lowest BCUT2D eigenvalue weighted by Gasteiger charge is -2.11. The van der Waals surface area contributed by atoms with Gasteiger partial charge in [-0.15, -0.1) is 0 Å². The van der Waals surface area contributed by atoms with Crippen LogP contribution in [0.25, 0.3) is 44.7 Å². The highest BCUT2D eigenvalue weighted by atomic mass is 16.4. The fraction of sp³-hybridized carbons (Fsp3) is 0.0938. The van der Waals surface area contributed by atoms with E-state index in [2.05, 4.69) is 17.2 Å². The summed E-state index contributed by atoms with van der Waals surface area (Å²) in [5.74, 6) is 0.205. The Hall–Kier alpha value is -4.97. The smallest absolute Gasteiger partial charge is 0.344 e. The lowest BCUT2D eigenvalue weighted by atomic mass is 10.0. The van der Waals surface area contributed by atoms with Gasteiger partial charge in [0.05, 0.1) is 5.56 Å². The van der Waals surface area contributed by atoms with Crippen molar-refractivity contribution >= 4 is 33.7 Å². The van der Waals surface area contributed by atoms with Crippen molar-refractivity contribution in [3.8, 4) is 22.6 Å². The number of aromatic nitrogens is 1. The van der Waals surface area contributed by atoms with E-state index in [1.165, 1.54) is 5.56 Å². The van der Waals surface area contributed by atoms with E-state index in [9.17, 15) is 9.59 Å². The lowest BCUT2D eigenvalue weighted by Crippen LogP contribution is -2.13. The van der Waals surface area contributed by atoms with E-state index in [4.69, 9.17) is 8.83 Å². The first-order valence-corrected chi connectivity index (χ1v) is 12.4. The first-order valence-electron chi connectivity index (χ1n) is 12.4. The Bertz CT molecular complexity index is 1900. The molecule has 4 aromatic carbocycles. The molecule has 0 saturated heterocycles. The van der Waals surface area contributed by atoms with E-state index >= 15 is 0 Å². The van der Waals surface area contributed by atoms with Crippen molar-refractivity contribution in [2.24, 2.45) is 0 Å². The number of fused-ring (bicyclic) bond motifs is 2. The number of hydrogen-bond acceptors (Lipinski definition) is 5. The number of carbonyl (C=O) groups is 1. The molecule has 0 aliphatic carbocycles. The highest BCUT2D eigenvalue weighted by molar-refractivity contribution is 6.05. The lowest BCUT2D eigenvalue weighted by molar-refractivity contribution is 0.102. The summed E-state index contributed by atoms with van der Waals surface area (Å²) in [6.45, 7) is 4.03. The molecule has 0 aliphatic rings. The number of anilines is 1. The van der Waals surface area contributed by atoms with Gasteiger partial charge in [0, 0.05) is 22.2 Å². The van der Waals surface area contributed by atoms with Crippen LogP contribution in [0.15, 0.2) is 105 Å². The van der Waals surface area contributed by atoms with Gasteiger partial charge in [-0.3, -0.25) is 4.79 Å². The van der Waals surface area contributed by atoms with E-state index in [1.54, 1.807) is 36.4 Å². The minimum absolute atomic E-state index is 0.289. The highest BCUT2D eigenvalue weighted by Crippen LogP contribution is 2.29. The van der Waals surface area contributed by atoms with Crippen molar-refractivity contribution < 1.29 is 13.6 Å². The number of aryl methyl sites for hydroxylation is 2. The van der Waals surface area contributed by atoms with Gasteiger partial charge in [-0.2, -0.15) is 0 Å². The Kier molecular flexibility index (Phi) is 5.85. The van der Waals surface area contributed by atoms with Gasteiger partial charge in [0.25, 0.3) is 5.91 Å². The second kappa shape index (κ2) is 9.48. The van der Waals surface area contributed by atoms with Gasteiger partial charge in [-0.25, -0.2) is 9.78 Å². The zero-order valence-corrected chi connectivity index (χ0v) is 20.9. The molecule has 38 heavy (non-hydrogen) atoms. The fourth-order valence-electron chi connectivity index (χ4n) is 4.49. The van der Waals surface area contributed by atoms with E-state index < -0.39 is 5.63 Å².